The topological polar surface area (TPSA) is 275 Å². The molecule has 2 aromatic heterocycles. The van der Waals surface area contributed by atoms with Gasteiger partial charge in [-0.1, -0.05) is 39.5 Å². The largest absolute Gasteiger partial charge is 1.00 e. The van der Waals surface area contributed by atoms with Crippen LogP contribution in [0.1, 0.15) is 136 Å². The number of hydrogen-bond donors (Lipinski definition) is 9. The number of aliphatic carboxylic acids is 1. The second-order valence-corrected chi connectivity index (χ2v) is 21.1. The van der Waals surface area contributed by atoms with E-state index in [4.69, 9.17) is 20.3 Å². The molecule has 2 saturated heterocycles. The zero-order valence-electron chi connectivity index (χ0n) is 48.1. The number of aromatic nitrogens is 4. The summed E-state index contributed by atoms with van der Waals surface area (Å²) in [5.41, 5.74) is 5.81. The number of benzene rings is 2. The molecular formula is C56H78F6IN14O7-. The molecule has 0 spiro atoms. The lowest BCUT2D eigenvalue weighted by atomic mass is 9.90. The average Bonchev–Trinajstić information content (AvgIpc) is 3.31. The summed E-state index contributed by atoms with van der Waals surface area (Å²) in [6, 6.07) is 8.52. The first-order valence-corrected chi connectivity index (χ1v) is 28.1. The number of alkyl halides is 6. The molecule has 4 atom stereocenters. The van der Waals surface area contributed by atoms with Gasteiger partial charge in [0.05, 0.1) is 25.6 Å². The Bertz CT molecular complexity index is 2810. The third-order valence-corrected chi connectivity index (χ3v) is 14.9. The van der Waals surface area contributed by atoms with Gasteiger partial charge in [0, 0.05) is 72.6 Å². The molecule has 0 bridgehead atoms. The number of carboxylic acids is 1. The maximum absolute atomic E-state index is 13.9. The van der Waals surface area contributed by atoms with Gasteiger partial charge in [-0.25, -0.2) is 9.97 Å². The summed E-state index contributed by atoms with van der Waals surface area (Å²) in [6.45, 7) is 7.00. The minimum absolute atomic E-state index is 0. The number of halogens is 7. The highest BCUT2D eigenvalue weighted by molar-refractivity contribution is 5.96. The van der Waals surface area contributed by atoms with Crippen LogP contribution in [0.4, 0.5) is 61.2 Å². The Hall–Kier alpha value is -6.53. The van der Waals surface area contributed by atoms with Crippen molar-refractivity contribution in [3.63, 3.8) is 0 Å². The number of methoxy groups -OCH3 is 2. The Morgan fingerprint density at radius 3 is 1.38 bits per heavy atom. The van der Waals surface area contributed by atoms with Crippen LogP contribution in [-0.4, -0.2) is 149 Å². The number of hydrogen-bond acceptors (Lipinski definition) is 17. The number of carbonyl (C=O) groups is 4. The number of carbonyl (C=O) groups excluding carboxylic acids is 3. The van der Waals surface area contributed by atoms with E-state index in [0.717, 1.165) is 96.4 Å². The van der Waals surface area contributed by atoms with Gasteiger partial charge in [-0.2, -0.15) is 36.3 Å². The molecule has 21 nitrogen and oxygen atoms in total. The van der Waals surface area contributed by atoms with Gasteiger partial charge in [0.1, 0.15) is 34.3 Å². The average molecular weight is 1300 g/mol. The monoisotopic (exact) mass is 1300 g/mol. The van der Waals surface area contributed by atoms with Crippen LogP contribution in [0.2, 0.25) is 0 Å². The van der Waals surface area contributed by atoms with E-state index in [1.807, 2.05) is 7.05 Å². The lowest BCUT2D eigenvalue weighted by molar-refractivity contribution is -0.138. The summed E-state index contributed by atoms with van der Waals surface area (Å²) in [5.74, 6) is -1.48. The van der Waals surface area contributed by atoms with Crippen molar-refractivity contribution in [3.8, 4) is 11.5 Å². The first kappa shape index (κ1) is 68.3. The number of amides is 3. The van der Waals surface area contributed by atoms with Crippen LogP contribution in [0.5, 0.6) is 11.5 Å². The molecule has 0 radical (unpaired) electrons. The summed E-state index contributed by atoms with van der Waals surface area (Å²) < 4.78 is 93.5. The molecule has 84 heavy (non-hydrogen) atoms. The van der Waals surface area contributed by atoms with Crippen LogP contribution in [0, 0.1) is 0 Å². The van der Waals surface area contributed by atoms with E-state index in [1.54, 1.807) is 50.2 Å². The molecule has 0 unspecified atom stereocenters. The van der Waals surface area contributed by atoms with E-state index in [1.165, 1.54) is 14.2 Å². The Labute approximate surface area is 502 Å². The van der Waals surface area contributed by atoms with Gasteiger partial charge in [-0.3, -0.25) is 19.2 Å². The number of ether oxygens (including phenoxy) is 2. The molecule has 28 heteroatoms. The van der Waals surface area contributed by atoms with Crippen molar-refractivity contribution < 1.29 is 84.1 Å². The molecule has 464 valence electrons. The van der Waals surface area contributed by atoms with Gasteiger partial charge in [0.15, 0.2) is 0 Å². The second-order valence-electron chi connectivity index (χ2n) is 21.1. The molecule has 2 saturated carbocycles. The van der Waals surface area contributed by atoms with Gasteiger partial charge < -0.3 is 91.3 Å². The van der Waals surface area contributed by atoms with Crippen LogP contribution in [0.25, 0.3) is 0 Å². The summed E-state index contributed by atoms with van der Waals surface area (Å²) in [6.07, 6.45) is 2.39. The van der Waals surface area contributed by atoms with Gasteiger partial charge >= 0.3 is 18.3 Å². The molecule has 2 aromatic carbocycles. The molecular weight excluding hydrogens is 1220 g/mol. The molecule has 8 rings (SSSR count). The van der Waals surface area contributed by atoms with Crippen molar-refractivity contribution in [1.29, 1.82) is 0 Å². The minimum atomic E-state index is -4.68. The maximum atomic E-state index is 13.9. The highest BCUT2D eigenvalue weighted by atomic mass is 127. The standard InChI is InChI=1S/C28H38F3N7O3.C25H34F3N7O2.C3H6O2.HI/c1-4-24(39)34-20-7-5-6-8-21(20)35-25-19(28(29,30)31)16-32-27(37-25)36-22-10-9-17(15-23(22)41-3)26(40)33-18-11-13-38(2)14-12-18;1-35-11-9-16(10-12-35)31-23(36)15-7-8-20(21(13-15)37-2)33-24-30-14-17(25(26,27)28)22(34-24)32-19-6-4-3-5-18(19)29;1-2-3(4)5;/h9-10,15-16,18,20-21H,4-8,11-14H2,1-3H3,(H,33,40)(H,34,39)(H2,32,35,36,37);7-8,13-14,16,18-19H,3-6,9-12,29H2,1-2H3,(H,31,36)(H2,30,32,33,34);2H2,1H3,(H,4,5);1H/p-1/t20-,21-;18-,19-;;/m11../s1. The van der Waals surface area contributed by atoms with E-state index in [2.05, 4.69) is 74.0 Å². The Morgan fingerprint density at radius 2 is 1.00 bits per heavy atom. The second kappa shape index (κ2) is 32.1. The van der Waals surface area contributed by atoms with Crippen LogP contribution >= 0.6 is 0 Å². The molecule has 2 aliphatic carbocycles. The number of nitrogens with one attached hydrogen (secondary N) is 7. The normalized spacial score (nSPS) is 19.7. The van der Waals surface area contributed by atoms with Crippen LogP contribution < -0.4 is 76.4 Å². The Morgan fingerprint density at radius 1 is 0.607 bits per heavy atom. The fraction of sp³-hybridized carbons (Fsp3) is 0.571. The molecule has 3 amide bonds. The minimum Gasteiger partial charge on any atom is -1.00 e. The van der Waals surface area contributed by atoms with Crippen LogP contribution in [-0.2, 0) is 21.9 Å². The van der Waals surface area contributed by atoms with Crippen LogP contribution in [0.3, 0.4) is 0 Å². The van der Waals surface area contributed by atoms with Crippen molar-refractivity contribution in [3.05, 3.63) is 71.0 Å². The van der Waals surface area contributed by atoms with E-state index < -0.39 is 35.5 Å². The molecule has 10 N–H and O–H groups in total. The number of nitrogens with two attached hydrogens (primary N) is 1. The fourth-order valence-corrected chi connectivity index (χ4v) is 9.95. The van der Waals surface area contributed by atoms with Gasteiger partial charge in [0.25, 0.3) is 11.8 Å². The maximum Gasteiger partial charge on any atom is 0.421 e. The number of nitrogens with zero attached hydrogens (tertiary/aromatic N) is 6. The Balaban J connectivity index is 0.000000282. The summed E-state index contributed by atoms with van der Waals surface area (Å²) in [4.78, 5) is 67.5. The van der Waals surface area contributed by atoms with Crippen molar-refractivity contribution in [2.45, 2.75) is 152 Å². The van der Waals surface area contributed by atoms with E-state index in [-0.39, 0.29) is 102 Å². The third kappa shape index (κ3) is 20.3. The summed E-state index contributed by atoms with van der Waals surface area (Å²) in [5, 5.41) is 28.4. The predicted octanol–water partition coefficient (Wildman–Crippen LogP) is 5.56. The molecule has 4 aliphatic rings. The molecule has 4 fully saturated rings. The highest BCUT2D eigenvalue weighted by Gasteiger charge is 2.39. The quantitative estimate of drug-likeness (QED) is 0.0462. The lowest BCUT2D eigenvalue weighted by Crippen LogP contribution is -3.00. The first-order chi connectivity index (χ1) is 39.5. The Kier molecular flexibility index (Phi) is 26.1. The van der Waals surface area contributed by atoms with Crippen molar-refractivity contribution in [1.82, 2.24) is 45.7 Å². The number of piperidine rings is 2. The summed E-state index contributed by atoms with van der Waals surface area (Å²) >= 11 is 0. The SMILES string of the molecule is CCC(=O)N[C@@H]1CCCC[C@H]1Nc1nc(Nc2ccc(C(=O)NC3CCN(C)CC3)cc2OC)ncc1C(F)(F)F.CCC(=O)O.COc1cc(C(=O)NC2CCN(C)CC2)ccc1Nc1ncc(C(F)(F)F)c(N[C@@H]2CCCC[C@H]2N)n1.[I-]. The fourth-order valence-electron chi connectivity index (χ4n) is 9.95. The van der Waals surface area contributed by atoms with Crippen molar-refractivity contribution in [2.24, 2.45) is 5.73 Å². The molecule has 4 heterocycles. The first-order valence-electron chi connectivity index (χ1n) is 28.1. The lowest BCUT2D eigenvalue weighted by Gasteiger charge is -2.33. The smallest absolute Gasteiger partial charge is 0.421 e. The number of rotatable bonds is 17. The zero-order valence-corrected chi connectivity index (χ0v) is 50.3. The van der Waals surface area contributed by atoms with Gasteiger partial charge in [-0.15, -0.1) is 0 Å². The molecule has 2 aliphatic heterocycles. The predicted molar refractivity (Wildman–Crippen MR) is 302 cm³/mol. The number of anilines is 6. The van der Waals surface area contributed by atoms with Crippen LogP contribution in [0.15, 0.2) is 48.8 Å². The van der Waals surface area contributed by atoms with E-state index in [0.29, 0.717) is 59.7 Å². The number of likely N-dealkylation sites (tertiary alicyclic amines) is 2. The molecule has 4 aromatic rings. The number of carboxylic acid groups (broad SMARTS) is 1. The summed E-state index contributed by atoms with van der Waals surface area (Å²) in [7, 11) is 6.99. The van der Waals surface area contributed by atoms with E-state index >= 15 is 0 Å². The van der Waals surface area contributed by atoms with Gasteiger partial charge in [-0.05, 0) is 128 Å². The zero-order chi connectivity index (χ0) is 60.4. The highest BCUT2D eigenvalue weighted by Crippen LogP contribution is 2.38. The van der Waals surface area contributed by atoms with Gasteiger partial charge in [0.2, 0.25) is 17.8 Å². The van der Waals surface area contributed by atoms with Crippen molar-refractivity contribution >= 4 is 58.6 Å². The third-order valence-electron chi connectivity index (χ3n) is 14.9. The van der Waals surface area contributed by atoms with Crippen molar-refractivity contribution in [2.75, 3.05) is 75.8 Å². The van der Waals surface area contributed by atoms with E-state index in [9.17, 15) is 45.5 Å².